The Bertz CT molecular complexity index is 1490. The highest BCUT2D eigenvalue weighted by atomic mass is 19.1. The molecule has 0 radical (unpaired) electrons. The van der Waals surface area contributed by atoms with Gasteiger partial charge in [0, 0.05) is 6.20 Å². The van der Waals surface area contributed by atoms with Crippen molar-refractivity contribution >= 4 is 17.0 Å². The summed E-state index contributed by atoms with van der Waals surface area (Å²) < 4.78 is 15.7. The summed E-state index contributed by atoms with van der Waals surface area (Å²) in [7, 11) is 0. The summed E-state index contributed by atoms with van der Waals surface area (Å²) in [6, 6.07) is 36.0. The molecule has 0 aliphatic heterocycles. The van der Waals surface area contributed by atoms with E-state index in [0.29, 0.717) is 23.5 Å². The zero-order valence-electron chi connectivity index (χ0n) is 19.5. The SMILES string of the molecule is Fc1ccc2nc(NCc3cn(C(c4ccccc4)(c4ccccc4)c4ccccc4)cn3)[nH]c2c1. The predicted octanol–water partition coefficient (Wildman–Crippen LogP) is 6.35. The number of halogens is 1. The lowest BCUT2D eigenvalue weighted by molar-refractivity contribution is 0.514. The van der Waals surface area contributed by atoms with Crippen LogP contribution in [0.5, 0.6) is 0 Å². The van der Waals surface area contributed by atoms with Crippen molar-refractivity contribution in [3.05, 3.63) is 150 Å². The van der Waals surface area contributed by atoms with Crippen LogP contribution in [0.2, 0.25) is 0 Å². The summed E-state index contributed by atoms with van der Waals surface area (Å²) in [5, 5.41) is 3.29. The van der Waals surface area contributed by atoms with E-state index in [-0.39, 0.29) is 5.82 Å². The molecule has 0 aliphatic carbocycles. The van der Waals surface area contributed by atoms with Gasteiger partial charge in [-0.05, 0) is 34.9 Å². The Hall–Kier alpha value is -4.71. The number of aromatic amines is 1. The van der Waals surface area contributed by atoms with Gasteiger partial charge in [0.25, 0.3) is 0 Å². The van der Waals surface area contributed by atoms with Gasteiger partial charge in [-0.3, -0.25) is 0 Å². The van der Waals surface area contributed by atoms with Gasteiger partial charge < -0.3 is 14.9 Å². The van der Waals surface area contributed by atoms with Gasteiger partial charge in [0.05, 0.1) is 29.6 Å². The fraction of sp³-hybridized carbons (Fsp3) is 0.0667. The number of imidazole rings is 2. The minimum atomic E-state index is -0.605. The number of rotatable bonds is 7. The van der Waals surface area contributed by atoms with E-state index in [1.165, 1.54) is 12.1 Å². The van der Waals surface area contributed by atoms with Crippen LogP contribution in [0.4, 0.5) is 10.3 Å². The van der Waals surface area contributed by atoms with Crippen molar-refractivity contribution in [2.24, 2.45) is 0 Å². The van der Waals surface area contributed by atoms with Gasteiger partial charge in [-0.15, -0.1) is 0 Å². The van der Waals surface area contributed by atoms with E-state index in [0.717, 1.165) is 22.4 Å². The van der Waals surface area contributed by atoms with Gasteiger partial charge in [-0.2, -0.15) is 0 Å². The van der Waals surface area contributed by atoms with Gasteiger partial charge in [-0.25, -0.2) is 14.4 Å². The van der Waals surface area contributed by atoms with E-state index < -0.39 is 5.54 Å². The zero-order valence-corrected chi connectivity index (χ0v) is 19.5. The average Bonchev–Trinajstić information content (AvgIpc) is 3.57. The summed E-state index contributed by atoms with van der Waals surface area (Å²) in [5.74, 6) is 0.279. The second kappa shape index (κ2) is 9.15. The largest absolute Gasteiger partial charge is 0.350 e. The number of hydrogen-bond acceptors (Lipinski definition) is 3. The molecule has 0 aliphatic rings. The zero-order chi connectivity index (χ0) is 24.4. The molecule has 0 spiro atoms. The molecule has 0 unspecified atom stereocenters. The maximum atomic E-state index is 13.6. The van der Waals surface area contributed by atoms with Crippen molar-refractivity contribution in [2.45, 2.75) is 12.1 Å². The summed E-state index contributed by atoms with van der Waals surface area (Å²) in [4.78, 5) is 12.4. The topological polar surface area (TPSA) is 58.5 Å². The first-order valence-electron chi connectivity index (χ1n) is 11.8. The third-order valence-corrected chi connectivity index (χ3v) is 6.48. The molecule has 2 heterocycles. The summed E-state index contributed by atoms with van der Waals surface area (Å²) >= 11 is 0. The van der Waals surface area contributed by atoms with Crippen molar-refractivity contribution < 1.29 is 4.39 Å². The molecule has 6 heteroatoms. The Morgan fingerprint density at radius 2 is 1.36 bits per heavy atom. The van der Waals surface area contributed by atoms with Crippen LogP contribution in [-0.4, -0.2) is 19.5 Å². The van der Waals surface area contributed by atoms with Crippen LogP contribution >= 0.6 is 0 Å². The fourth-order valence-corrected chi connectivity index (χ4v) is 4.86. The Morgan fingerprint density at radius 3 is 1.94 bits per heavy atom. The average molecular weight is 474 g/mol. The highest BCUT2D eigenvalue weighted by molar-refractivity contribution is 5.77. The molecule has 176 valence electrons. The third kappa shape index (κ3) is 3.82. The Balaban J connectivity index is 1.42. The van der Waals surface area contributed by atoms with E-state index in [4.69, 9.17) is 4.98 Å². The minimum absolute atomic E-state index is 0.296. The number of nitrogens with zero attached hydrogens (tertiary/aromatic N) is 3. The molecule has 6 rings (SSSR count). The molecular weight excluding hydrogens is 449 g/mol. The van der Waals surface area contributed by atoms with E-state index in [1.54, 1.807) is 6.07 Å². The summed E-state index contributed by atoms with van der Waals surface area (Å²) in [6.07, 6.45) is 3.96. The smallest absolute Gasteiger partial charge is 0.201 e. The molecule has 6 aromatic rings. The van der Waals surface area contributed by atoms with Crippen molar-refractivity contribution in [3.8, 4) is 0 Å². The molecule has 4 aromatic carbocycles. The molecule has 2 aromatic heterocycles. The van der Waals surface area contributed by atoms with Crippen molar-refractivity contribution in [1.82, 2.24) is 19.5 Å². The van der Waals surface area contributed by atoms with E-state index >= 15 is 0 Å². The number of fused-ring (bicyclic) bond motifs is 1. The van der Waals surface area contributed by atoms with Crippen LogP contribution in [0.1, 0.15) is 22.4 Å². The lowest BCUT2D eigenvalue weighted by Crippen LogP contribution is -2.36. The minimum Gasteiger partial charge on any atom is -0.350 e. The molecule has 36 heavy (non-hydrogen) atoms. The second-order valence-electron chi connectivity index (χ2n) is 8.68. The first-order chi connectivity index (χ1) is 17.7. The number of H-pyrrole nitrogens is 1. The number of hydrogen-bond donors (Lipinski definition) is 2. The predicted molar refractivity (Wildman–Crippen MR) is 140 cm³/mol. The molecule has 0 fully saturated rings. The lowest BCUT2D eigenvalue weighted by Gasteiger charge is -2.37. The van der Waals surface area contributed by atoms with Crippen LogP contribution < -0.4 is 5.32 Å². The summed E-state index contributed by atoms with van der Waals surface area (Å²) in [6.45, 7) is 0.462. The molecule has 0 atom stereocenters. The number of aromatic nitrogens is 4. The highest BCUT2D eigenvalue weighted by Gasteiger charge is 2.38. The van der Waals surface area contributed by atoms with Crippen LogP contribution in [0.15, 0.2) is 122 Å². The normalized spacial score (nSPS) is 11.6. The van der Waals surface area contributed by atoms with Crippen molar-refractivity contribution in [3.63, 3.8) is 0 Å². The number of anilines is 1. The Kier molecular flexibility index (Phi) is 5.54. The van der Waals surface area contributed by atoms with Gasteiger partial charge >= 0.3 is 0 Å². The van der Waals surface area contributed by atoms with Gasteiger partial charge in [0.1, 0.15) is 11.4 Å². The lowest BCUT2D eigenvalue weighted by atomic mass is 9.77. The molecular formula is C30H24FN5. The van der Waals surface area contributed by atoms with Gasteiger partial charge in [0.2, 0.25) is 5.95 Å². The Morgan fingerprint density at radius 1 is 0.778 bits per heavy atom. The van der Waals surface area contributed by atoms with Crippen LogP contribution in [0.3, 0.4) is 0 Å². The molecule has 0 amide bonds. The van der Waals surface area contributed by atoms with E-state index in [9.17, 15) is 4.39 Å². The number of benzene rings is 4. The Labute approximate surface area is 208 Å². The fourth-order valence-electron chi connectivity index (χ4n) is 4.86. The van der Waals surface area contributed by atoms with Crippen molar-refractivity contribution in [1.29, 1.82) is 0 Å². The van der Waals surface area contributed by atoms with Crippen molar-refractivity contribution in [2.75, 3.05) is 5.32 Å². The van der Waals surface area contributed by atoms with E-state index in [1.807, 2.05) is 24.5 Å². The first kappa shape index (κ1) is 21.8. The number of nitrogens with one attached hydrogen (secondary N) is 2. The molecule has 2 N–H and O–H groups in total. The van der Waals surface area contributed by atoms with Crippen LogP contribution in [0.25, 0.3) is 11.0 Å². The molecule has 0 saturated carbocycles. The van der Waals surface area contributed by atoms with E-state index in [2.05, 4.69) is 98.8 Å². The quantitative estimate of drug-likeness (QED) is 0.266. The van der Waals surface area contributed by atoms with Gasteiger partial charge in [0.15, 0.2) is 0 Å². The third-order valence-electron chi connectivity index (χ3n) is 6.48. The molecule has 5 nitrogen and oxygen atoms in total. The van der Waals surface area contributed by atoms with Gasteiger partial charge in [-0.1, -0.05) is 91.0 Å². The van der Waals surface area contributed by atoms with Crippen LogP contribution in [0, 0.1) is 5.82 Å². The summed E-state index contributed by atoms with van der Waals surface area (Å²) in [5.41, 5.74) is 5.02. The molecule has 0 bridgehead atoms. The highest BCUT2D eigenvalue weighted by Crippen LogP contribution is 2.40. The van der Waals surface area contributed by atoms with Crippen LogP contribution in [-0.2, 0) is 12.1 Å². The molecule has 0 saturated heterocycles. The maximum Gasteiger partial charge on any atom is 0.201 e. The second-order valence-corrected chi connectivity index (χ2v) is 8.68. The first-order valence-corrected chi connectivity index (χ1v) is 11.8. The maximum absolute atomic E-state index is 13.6. The standard InChI is InChI=1S/C30H24FN5/c31-25-16-17-27-28(18-25)35-29(34-27)32-19-26-20-36(21-33-26)30(22-10-4-1-5-11-22,23-12-6-2-7-13-23)24-14-8-3-9-15-24/h1-18,20-21H,19H2,(H2,32,34,35). The monoisotopic (exact) mass is 473 g/mol.